The van der Waals surface area contributed by atoms with Gasteiger partial charge in [-0.3, -0.25) is 0 Å². The predicted molar refractivity (Wildman–Crippen MR) is 61.8 cm³/mol. The van der Waals surface area contributed by atoms with E-state index >= 15 is 0 Å². The van der Waals surface area contributed by atoms with Crippen molar-refractivity contribution in [1.29, 1.82) is 0 Å². The van der Waals surface area contributed by atoms with Crippen LogP contribution in [0.4, 0.5) is 0 Å². The Balaban J connectivity index is 3.19. The molecule has 0 aliphatic heterocycles. The molecule has 0 fully saturated rings. The van der Waals surface area contributed by atoms with E-state index in [9.17, 15) is 0 Å². The van der Waals surface area contributed by atoms with Crippen molar-refractivity contribution in [2.24, 2.45) is 0 Å². The molecule has 1 unspecified atom stereocenters. The second-order valence-electron chi connectivity index (χ2n) is 3.20. The molecule has 1 rings (SSSR count). The maximum Gasteiger partial charge on any atom is 0.139 e. The number of halogens is 1. The van der Waals surface area contributed by atoms with Gasteiger partial charge in [0.15, 0.2) is 0 Å². The van der Waals surface area contributed by atoms with Gasteiger partial charge in [-0.05, 0) is 29.3 Å². The quantitative estimate of drug-likeness (QED) is 0.862. The van der Waals surface area contributed by atoms with E-state index in [1.165, 1.54) is 0 Å². The van der Waals surface area contributed by atoms with Crippen molar-refractivity contribution in [1.82, 2.24) is 9.97 Å². The number of aromatic nitrogens is 2. The Bertz CT molecular complexity index is 373. The van der Waals surface area contributed by atoms with Gasteiger partial charge in [0.25, 0.3) is 0 Å². The van der Waals surface area contributed by atoms with Crippen molar-refractivity contribution < 1.29 is 4.74 Å². The molecule has 0 aliphatic rings. The normalized spacial score (nSPS) is 15.1. The molecular weight excluding hydrogens is 264 g/mol. The lowest BCUT2D eigenvalue weighted by atomic mass is 10.0. The minimum atomic E-state index is -0.395. The molecule has 0 bridgehead atoms. The van der Waals surface area contributed by atoms with Crippen molar-refractivity contribution in [2.75, 3.05) is 7.11 Å². The first kappa shape index (κ1) is 11.8. The van der Waals surface area contributed by atoms with Gasteiger partial charge in [0.2, 0.25) is 0 Å². The van der Waals surface area contributed by atoms with E-state index in [1.807, 2.05) is 13.8 Å². The van der Waals surface area contributed by atoms with Crippen LogP contribution in [0, 0.1) is 4.64 Å². The fraction of sp³-hybridized carbons (Fsp3) is 0.556. The minimum absolute atomic E-state index is 0.395. The number of H-pyrrole nitrogens is 1. The van der Waals surface area contributed by atoms with Crippen LogP contribution in [-0.2, 0) is 10.3 Å². The zero-order valence-electron chi connectivity index (χ0n) is 8.43. The van der Waals surface area contributed by atoms with Crippen molar-refractivity contribution in [3.05, 3.63) is 21.1 Å². The Labute approximate surface area is 97.0 Å². The number of ether oxygens (including phenoxy) is 1. The lowest BCUT2D eigenvalue weighted by Crippen LogP contribution is -2.26. The number of methoxy groups -OCH3 is 1. The Morgan fingerprint density at radius 3 is 2.79 bits per heavy atom. The molecule has 1 aromatic heterocycles. The molecule has 0 saturated carbocycles. The van der Waals surface area contributed by atoms with Gasteiger partial charge in [-0.2, -0.15) is 0 Å². The molecule has 1 N–H and O–H groups in total. The summed E-state index contributed by atoms with van der Waals surface area (Å²) in [7, 11) is 1.67. The number of nitrogens with one attached hydrogen (secondary N) is 1. The highest BCUT2D eigenvalue weighted by Crippen LogP contribution is 2.25. The molecule has 5 heteroatoms. The maximum absolute atomic E-state index is 5.41. The van der Waals surface area contributed by atoms with E-state index in [0.29, 0.717) is 4.64 Å². The van der Waals surface area contributed by atoms with E-state index < -0.39 is 5.60 Å². The Morgan fingerprint density at radius 2 is 2.36 bits per heavy atom. The molecule has 0 saturated heterocycles. The number of rotatable bonds is 3. The van der Waals surface area contributed by atoms with Gasteiger partial charge in [-0.1, -0.05) is 19.1 Å². The van der Waals surface area contributed by atoms with Gasteiger partial charge >= 0.3 is 0 Å². The largest absolute Gasteiger partial charge is 0.371 e. The van der Waals surface area contributed by atoms with Crippen LogP contribution in [0.15, 0.2) is 10.7 Å². The lowest BCUT2D eigenvalue weighted by molar-refractivity contribution is -0.00911. The van der Waals surface area contributed by atoms with Crippen LogP contribution >= 0.6 is 28.1 Å². The van der Waals surface area contributed by atoms with Crippen molar-refractivity contribution in [3.63, 3.8) is 0 Å². The molecule has 3 nitrogen and oxygen atoms in total. The highest BCUT2D eigenvalue weighted by molar-refractivity contribution is 9.10. The first-order valence-corrected chi connectivity index (χ1v) is 5.54. The molecule has 0 aromatic carbocycles. The summed E-state index contributed by atoms with van der Waals surface area (Å²) in [6.07, 6.45) is 2.53. The first-order chi connectivity index (χ1) is 6.53. The van der Waals surface area contributed by atoms with Crippen LogP contribution in [0.5, 0.6) is 0 Å². The van der Waals surface area contributed by atoms with E-state index in [1.54, 1.807) is 13.3 Å². The molecular formula is C9H13BrN2OS. The van der Waals surface area contributed by atoms with Crippen LogP contribution in [-0.4, -0.2) is 17.1 Å². The van der Waals surface area contributed by atoms with Gasteiger partial charge in [0.05, 0.1) is 4.47 Å². The summed E-state index contributed by atoms with van der Waals surface area (Å²) in [5.41, 5.74) is -0.395. The van der Waals surface area contributed by atoms with Gasteiger partial charge in [0, 0.05) is 13.3 Å². The third kappa shape index (κ3) is 2.21. The zero-order chi connectivity index (χ0) is 10.8. The van der Waals surface area contributed by atoms with Crippen LogP contribution in [0.1, 0.15) is 26.1 Å². The third-order valence-electron chi connectivity index (χ3n) is 2.38. The topological polar surface area (TPSA) is 37.9 Å². The summed E-state index contributed by atoms with van der Waals surface area (Å²) in [6.45, 7) is 4.03. The second-order valence-corrected chi connectivity index (χ2v) is 4.46. The molecule has 0 amide bonds. The van der Waals surface area contributed by atoms with E-state index in [-0.39, 0.29) is 0 Å². The predicted octanol–water partition coefficient (Wildman–Crippen LogP) is 3.17. The van der Waals surface area contributed by atoms with Gasteiger partial charge < -0.3 is 9.72 Å². The Hall–Kier alpha value is -0.260. The van der Waals surface area contributed by atoms with Crippen LogP contribution in [0.3, 0.4) is 0 Å². The summed E-state index contributed by atoms with van der Waals surface area (Å²) in [4.78, 5) is 7.31. The smallest absolute Gasteiger partial charge is 0.139 e. The molecule has 1 heterocycles. The van der Waals surface area contributed by atoms with Gasteiger partial charge in [0.1, 0.15) is 16.1 Å². The molecule has 14 heavy (non-hydrogen) atoms. The monoisotopic (exact) mass is 276 g/mol. The number of nitrogens with zero attached hydrogens (tertiary/aromatic N) is 1. The van der Waals surface area contributed by atoms with Crippen molar-refractivity contribution in [2.45, 2.75) is 25.9 Å². The average molecular weight is 277 g/mol. The lowest BCUT2D eigenvalue weighted by Gasteiger charge is -2.25. The van der Waals surface area contributed by atoms with Crippen LogP contribution in [0.25, 0.3) is 0 Å². The molecule has 1 aromatic rings. The summed E-state index contributed by atoms with van der Waals surface area (Å²) in [6, 6.07) is 0. The molecule has 78 valence electrons. The van der Waals surface area contributed by atoms with Gasteiger partial charge in [-0.25, -0.2) is 4.98 Å². The summed E-state index contributed by atoms with van der Waals surface area (Å²) < 4.78 is 6.85. The maximum atomic E-state index is 5.41. The van der Waals surface area contributed by atoms with Crippen molar-refractivity contribution >= 4 is 28.1 Å². The second kappa shape index (κ2) is 4.51. The first-order valence-electron chi connectivity index (χ1n) is 4.34. The highest BCUT2D eigenvalue weighted by Gasteiger charge is 2.26. The summed E-state index contributed by atoms with van der Waals surface area (Å²) >= 11 is 8.41. The molecule has 0 spiro atoms. The fourth-order valence-corrected chi connectivity index (χ4v) is 1.41. The highest BCUT2D eigenvalue weighted by atomic mass is 79.9. The van der Waals surface area contributed by atoms with Crippen LogP contribution < -0.4 is 0 Å². The SMILES string of the molecule is CCC(C)(OC)c1ncc(Br)c(=S)[nH]1. The number of hydrogen-bond acceptors (Lipinski definition) is 3. The Kier molecular flexibility index (Phi) is 3.80. The molecule has 0 aliphatic carbocycles. The van der Waals surface area contributed by atoms with E-state index in [0.717, 1.165) is 16.7 Å². The molecule has 1 atom stereocenters. The summed E-state index contributed by atoms with van der Waals surface area (Å²) in [5, 5.41) is 0. The van der Waals surface area contributed by atoms with Crippen LogP contribution in [0.2, 0.25) is 0 Å². The summed E-state index contributed by atoms with van der Waals surface area (Å²) in [5.74, 6) is 0.760. The zero-order valence-corrected chi connectivity index (χ0v) is 10.8. The minimum Gasteiger partial charge on any atom is -0.371 e. The molecule has 0 radical (unpaired) electrons. The van der Waals surface area contributed by atoms with Gasteiger partial charge in [-0.15, -0.1) is 0 Å². The number of aromatic amines is 1. The number of hydrogen-bond donors (Lipinski definition) is 1. The van der Waals surface area contributed by atoms with E-state index in [4.69, 9.17) is 17.0 Å². The fourth-order valence-electron chi connectivity index (χ4n) is 1.06. The van der Waals surface area contributed by atoms with Crippen molar-refractivity contribution in [3.8, 4) is 0 Å². The van der Waals surface area contributed by atoms with E-state index in [2.05, 4.69) is 25.9 Å². The Morgan fingerprint density at radius 1 is 1.71 bits per heavy atom. The third-order valence-corrected chi connectivity index (χ3v) is 3.57. The standard InChI is InChI=1S/C9H13BrN2OS/c1-4-9(2,13-3)8-11-5-6(10)7(14)12-8/h5H,4H2,1-3H3,(H,11,12,14). The average Bonchev–Trinajstić information content (AvgIpc) is 2.21.